The molecule has 1 amide bonds. The monoisotopic (exact) mass is 300 g/mol. The van der Waals surface area contributed by atoms with Gasteiger partial charge in [-0.15, -0.1) is 0 Å². The van der Waals surface area contributed by atoms with Crippen LogP contribution >= 0.6 is 12.2 Å². The molecule has 1 saturated carbocycles. The number of carbonyl (C=O) groups is 2. The summed E-state index contributed by atoms with van der Waals surface area (Å²) in [5.41, 5.74) is 5.07. The minimum atomic E-state index is -0.753. The van der Waals surface area contributed by atoms with E-state index in [1.54, 1.807) is 11.8 Å². The van der Waals surface area contributed by atoms with Gasteiger partial charge in [0.2, 0.25) is 5.91 Å². The maximum Gasteiger partial charge on any atom is 0.325 e. The average molecular weight is 300 g/mol. The molecule has 2 N–H and O–H groups in total. The number of rotatable bonds is 7. The first-order chi connectivity index (χ1) is 9.47. The Balaban J connectivity index is 2.86. The second-order valence-electron chi connectivity index (χ2n) is 5.19. The van der Waals surface area contributed by atoms with Crippen molar-refractivity contribution in [2.24, 2.45) is 11.1 Å². The van der Waals surface area contributed by atoms with Crippen molar-refractivity contribution in [2.75, 3.05) is 19.7 Å². The van der Waals surface area contributed by atoms with Crippen LogP contribution in [0.1, 0.15) is 46.0 Å². The summed E-state index contributed by atoms with van der Waals surface area (Å²) in [4.78, 5) is 26.2. The number of thiocarbonyl (C=S) groups is 1. The van der Waals surface area contributed by atoms with E-state index in [0.717, 1.165) is 19.3 Å². The summed E-state index contributed by atoms with van der Waals surface area (Å²) in [5.74, 6) is -0.497. The topological polar surface area (TPSA) is 72.6 Å². The maximum absolute atomic E-state index is 12.8. The first kappa shape index (κ1) is 16.9. The third-order valence-electron chi connectivity index (χ3n) is 3.74. The standard InChI is InChI=1S/C14H24N2O3S/c1-3-9-16(10-11(17)19-4-2)13(18)14(12(15)20)7-5-6-8-14/h3-10H2,1-2H3,(H2,15,20). The zero-order chi connectivity index (χ0) is 15.2. The molecule has 5 nitrogen and oxygen atoms in total. The van der Waals surface area contributed by atoms with E-state index in [1.165, 1.54) is 0 Å². The van der Waals surface area contributed by atoms with Gasteiger partial charge in [-0.3, -0.25) is 9.59 Å². The highest BCUT2D eigenvalue weighted by molar-refractivity contribution is 7.80. The quantitative estimate of drug-likeness (QED) is 0.571. The first-order valence-corrected chi connectivity index (χ1v) is 7.63. The molecule has 0 atom stereocenters. The van der Waals surface area contributed by atoms with Crippen LogP contribution in [-0.4, -0.2) is 41.5 Å². The van der Waals surface area contributed by atoms with Gasteiger partial charge < -0.3 is 15.4 Å². The van der Waals surface area contributed by atoms with Crippen LogP contribution in [0.5, 0.6) is 0 Å². The summed E-state index contributed by atoms with van der Waals surface area (Å²) < 4.78 is 4.93. The van der Waals surface area contributed by atoms with Crippen LogP contribution in [0.2, 0.25) is 0 Å². The molecule has 1 fully saturated rings. The molecule has 1 aliphatic carbocycles. The third-order valence-corrected chi connectivity index (χ3v) is 4.13. The lowest BCUT2D eigenvalue weighted by atomic mass is 9.84. The number of amides is 1. The van der Waals surface area contributed by atoms with Crippen LogP contribution in [0, 0.1) is 5.41 Å². The van der Waals surface area contributed by atoms with E-state index in [-0.39, 0.29) is 23.4 Å². The van der Waals surface area contributed by atoms with E-state index < -0.39 is 5.41 Å². The van der Waals surface area contributed by atoms with Crippen LogP contribution in [0.15, 0.2) is 0 Å². The molecular formula is C14H24N2O3S. The summed E-state index contributed by atoms with van der Waals surface area (Å²) >= 11 is 5.13. The number of carbonyl (C=O) groups excluding carboxylic acids is 2. The second-order valence-corrected chi connectivity index (χ2v) is 5.63. The van der Waals surface area contributed by atoms with Crippen molar-refractivity contribution in [1.29, 1.82) is 0 Å². The second kappa shape index (κ2) is 7.57. The van der Waals surface area contributed by atoms with E-state index >= 15 is 0 Å². The smallest absolute Gasteiger partial charge is 0.325 e. The van der Waals surface area contributed by atoms with Crippen LogP contribution in [0.25, 0.3) is 0 Å². The molecule has 0 unspecified atom stereocenters. The van der Waals surface area contributed by atoms with Gasteiger partial charge in [0, 0.05) is 6.54 Å². The molecule has 1 aliphatic rings. The Morgan fingerprint density at radius 3 is 2.35 bits per heavy atom. The zero-order valence-electron chi connectivity index (χ0n) is 12.3. The normalized spacial score (nSPS) is 16.7. The van der Waals surface area contributed by atoms with Gasteiger partial charge in [0.25, 0.3) is 0 Å². The number of hydrogen-bond acceptors (Lipinski definition) is 4. The van der Waals surface area contributed by atoms with Gasteiger partial charge in [0.15, 0.2) is 0 Å². The Hall–Kier alpha value is -1.17. The van der Waals surface area contributed by atoms with Gasteiger partial charge in [-0.1, -0.05) is 32.0 Å². The predicted octanol–water partition coefficient (Wildman–Crippen LogP) is 1.63. The fourth-order valence-corrected chi connectivity index (χ4v) is 3.02. The number of ether oxygens (including phenoxy) is 1. The Kier molecular flexibility index (Phi) is 6.39. The predicted molar refractivity (Wildman–Crippen MR) is 81.2 cm³/mol. The van der Waals surface area contributed by atoms with Crippen molar-refractivity contribution in [3.05, 3.63) is 0 Å². The molecule has 0 aromatic carbocycles. The molecular weight excluding hydrogens is 276 g/mol. The molecule has 0 spiro atoms. The highest BCUT2D eigenvalue weighted by Gasteiger charge is 2.46. The Morgan fingerprint density at radius 1 is 1.30 bits per heavy atom. The lowest BCUT2D eigenvalue weighted by Crippen LogP contribution is -2.51. The number of hydrogen-bond donors (Lipinski definition) is 1. The van der Waals surface area contributed by atoms with Crippen molar-refractivity contribution in [2.45, 2.75) is 46.0 Å². The largest absolute Gasteiger partial charge is 0.465 e. The lowest BCUT2D eigenvalue weighted by Gasteiger charge is -2.33. The van der Waals surface area contributed by atoms with Gasteiger partial charge in [0.1, 0.15) is 6.54 Å². The number of nitrogens with two attached hydrogens (primary N) is 1. The fraction of sp³-hybridized carbons (Fsp3) is 0.786. The van der Waals surface area contributed by atoms with E-state index in [9.17, 15) is 9.59 Å². The van der Waals surface area contributed by atoms with Crippen molar-refractivity contribution in [3.63, 3.8) is 0 Å². The fourth-order valence-electron chi connectivity index (χ4n) is 2.73. The van der Waals surface area contributed by atoms with E-state index in [4.69, 9.17) is 22.7 Å². The molecule has 1 rings (SSSR count). The van der Waals surface area contributed by atoms with Crippen LogP contribution in [0.4, 0.5) is 0 Å². The molecule has 0 aromatic heterocycles. The number of esters is 1. The van der Waals surface area contributed by atoms with Gasteiger partial charge in [-0.2, -0.15) is 0 Å². The molecule has 0 aliphatic heterocycles. The lowest BCUT2D eigenvalue weighted by molar-refractivity contribution is -0.151. The third kappa shape index (κ3) is 3.69. The summed E-state index contributed by atoms with van der Waals surface area (Å²) in [7, 11) is 0. The molecule has 0 bridgehead atoms. The SMILES string of the molecule is CCCN(CC(=O)OCC)C(=O)C1(C(N)=S)CCCC1. The minimum Gasteiger partial charge on any atom is -0.465 e. The van der Waals surface area contributed by atoms with Crippen LogP contribution in [-0.2, 0) is 14.3 Å². The molecule has 0 aromatic rings. The van der Waals surface area contributed by atoms with Crippen molar-refractivity contribution < 1.29 is 14.3 Å². The summed E-state index contributed by atoms with van der Waals surface area (Å²) in [6.45, 7) is 4.52. The highest BCUT2D eigenvalue weighted by atomic mass is 32.1. The minimum absolute atomic E-state index is 0.0229. The van der Waals surface area contributed by atoms with E-state index in [2.05, 4.69) is 0 Å². The van der Waals surface area contributed by atoms with Crippen molar-refractivity contribution in [3.8, 4) is 0 Å². The van der Waals surface area contributed by atoms with Gasteiger partial charge >= 0.3 is 5.97 Å². The van der Waals surface area contributed by atoms with Crippen molar-refractivity contribution in [1.82, 2.24) is 4.90 Å². The zero-order valence-corrected chi connectivity index (χ0v) is 13.1. The Morgan fingerprint density at radius 2 is 1.90 bits per heavy atom. The number of nitrogens with zero attached hydrogens (tertiary/aromatic N) is 1. The van der Waals surface area contributed by atoms with Gasteiger partial charge in [-0.25, -0.2) is 0 Å². The maximum atomic E-state index is 12.8. The molecule has 20 heavy (non-hydrogen) atoms. The van der Waals surface area contributed by atoms with E-state index in [1.807, 2.05) is 6.92 Å². The molecule has 0 heterocycles. The van der Waals surface area contributed by atoms with Crippen molar-refractivity contribution >= 4 is 29.1 Å². The molecule has 114 valence electrons. The summed E-state index contributed by atoms with van der Waals surface area (Å²) in [6.07, 6.45) is 4.04. The van der Waals surface area contributed by atoms with E-state index in [0.29, 0.717) is 26.0 Å². The van der Waals surface area contributed by atoms with Crippen LogP contribution < -0.4 is 5.73 Å². The van der Waals surface area contributed by atoms with Gasteiger partial charge in [-0.05, 0) is 26.2 Å². The average Bonchev–Trinajstić information content (AvgIpc) is 2.88. The summed E-state index contributed by atoms with van der Waals surface area (Å²) in [5, 5.41) is 0. The van der Waals surface area contributed by atoms with Gasteiger partial charge in [0.05, 0.1) is 17.0 Å². The summed E-state index contributed by atoms with van der Waals surface area (Å²) in [6, 6.07) is 0. The highest BCUT2D eigenvalue weighted by Crippen LogP contribution is 2.40. The molecule has 6 heteroatoms. The molecule has 0 radical (unpaired) electrons. The Bertz CT molecular complexity index is 379. The first-order valence-electron chi connectivity index (χ1n) is 7.22. The van der Waals surface area contributed by atoms with Crippen LogP contribution in [0.3, 0.4) is 0 Å². The Labute approximate surface area is 125 Å². The molecule has 0 saturated heterocycles.